The van der Waals surface area contributed by atoms with E-state index < -0.39 is 10.0 Å². The van der Waals surface area contributed by atoms with Crippen LogP contribution in [-0.2, 0) is 16.4 Å². The van der Waals surface area contributed by atoms with Crippen molar-refractivity contribution in [1.82, 2.24) is 10.2 Å². The zero-order valence-electron chi connectivity index (χ0n) is 20.4. The number of carbonyl (C=O) groups excluding carboxylic acids is 1. The first-order valence-electron chi connectivity index (χ1n) is 11.5. The third kappa shape index (κ3) is 4.90. The van der Waals surface area contributed by atoms with Crippen molar-refractivity contribution in [2.75, 3.05) is 32.1 Å². The Balaban J connectivity index is 1.55. The van der Waals surface area contributed by atoms with E-state index in [-0.39, 0.29) is 22.9 Å². The topological polar surface area (TPSA) is 78.9 Å². The second kappa shape index (κ2) is 10.1. The minimum absolute atomic E-state index is 0.0996. The Morgan fingerprint density at radius 2 is 1.80 bits per heavy atom. The van der Waals surface area contributed by atoms with Crippen LogP contribution in [0.15, 0.2) is 77.7 Å². The summed E-state index contributed by atoms with van der Waals surface area (Å²) in [7, 11) is 1.67. The summed E-state index contributed by atoms with van der Waals surface area (Å²) in [6.45, 7) is 2.23. The molecule has 0 aliphatic carbocycles. The number of fused-ring (bicyclic) bond motifs is 1. The molecular formula is C27H31N3O4S. The highest BCUT2D eigenvalue weighted by Gasteiger charge is 2.36. The summed E-state index contributed by atoms with van der Waals surface area (Å²) in [6, 6.07) is 21.1. The van der Waals surface area contributed by atoms with Gasteiger partial charge in [-0.1, -0.05) is 42.5 Å². The van der Waals surface area contributed by atoms with Crippen LogP contribution in [-0.4, -0.2) is 53.0 Å². The molecule has 4 rings (SSSR count). The number of likely N-dealkylation sites (N-methyl/N-ethyl adjacent to an activating group) is 1. The monoisotopic (exact) mass is 493 g/mol. The van der Waals surface area contributed by atoms with Crippen molar-refractivity contribution in [2.45, 2.75) is 30.3 Å². The second-order valence-electron chi connectivity index (χ2n) is 8.94. The van der Waals surface area contributed by atoms with Crippen LogP contribution in [0.5, 0.6) is 5.75 Å². The molecule has 184 valence electrons. The average Bonchev–Trinajstić information content (AvgIpc) is 3.20. The summed E-state index contributed by atoms with van der Waals surface area (Å²) in [5.74, 6) is 0.409. The molecule has 0 saturated carbocycles. The van der Waals surface area contributed by atoms with Crippen LogP contribution < -0.4 is 14.4 Å². The molecular weight excluding hydrogens is 462 g/mol. The molecule has 3 aromatic rings. The van der Waals surface area contributed by atoms with Crippen LogP contribution in [0.2, 0.25) is 0 Å². The van der Waals surface area contributed by atoms with Crippen molar-refractivity contribution < 1.29 is 17.9 Å². The van der Waals surface area contributed by atoms with E-state index in [9.17, 15) is 13.2 Å². The summed E-state index contributed by atoms with van der Waals surface area (Å²) < 4.78 is 34.1. The molecule has 3 aromatic carbocycles. The van der Waals surface area contributed by atoms with Crippen LogP contribution in [0.4, 0.5) is 5.69 Å². The number of methoxy groups -OCH3 is 1. The molecule has 1 amide bonds. The van der Waals surface area contributed by atoms with Gasteiger partial charge in [-0.05, 0) is 63.3 Å². The smallest absolute Gasteiger partial charge is 0.264 e. The molecule has 1 N–H and O–H groups in total. The molecule has 0 fully saturated rings. The maximum atomic E-state index is 13.6. The minimum atomic E-state index is -3.83. The van der Waals surface area contributed by atoms with Crippen molar-refractivity contribution >= 4 is 21.6 Å². The Labute approximate surface area is 207 Å². The number of nitrogens with zero attached hydrogens (tertiary/aromatic N) is 2. The van der Waals surface area contributed by atoms with Gasteiger partial charge in [-0.2, -0.15) is 0 Å². The molecule has 0 bridgehead atoms. The minimum Gasteiger partial charge on any atom is -0.496 e. The van der Waals surface area contributed by atoms with Gasteiger partial charge in [0.1, 0.15) is 5.75 Å². The van der Waals surface area contributed by atoms with E-state index in [1.807, 2.05) is 74.4 Å². The Hall–Kier alpha value is -3.36. The van der Waals surface area contributed by atoms with Crippen molar-refractivity contribution in [3.8, 4) is 5.75 Å². The zero-order valence-corrected chi connectivity index (χ0v) is 21.2. The van der Waals surface area contributed by atoms with Crippen LogP contribution >= 0.6 is 0 Å². The number of amides is 1. The Bertz CT molecular complexity index is 1320. The van der Waals surface area contributed by atoms with Gasteiger partial charge >= 0.3 is 0 Å². The van der Waals surface area contributed by atoms with Crippen molar-refractivity contribution in [3.05, 3.63) is 89.5 Å². The van der Waals surface area contributed by atoms with Gasteiger partial charge in [0, 0.05) is 23.7 Å². The number of ether oxygens (including phenoxy) is 1. The summed E-state index contributed by atoms with van der Waals surface area (Å²) in [5.41, 5.74) is 2.95. The normalized spacial score (nSPS) is 16.1. The van der Waals surface area contributed by atoms with Crippen molar-refractivity contribution in [3.63, 3.8) is 0 Å². The quantitative estimate of drug-likeness (QED) is 0.516. The molecule has 0 saturated heterocycles. The van der Waals surface area contributed by atoms with Gasteiger partial charge in [-0.25, -0.2) is 8.42 Å². The number of hydrogen-bond donors (Lipinski definition) is 1. The molecule has 1 aliphatic rings. The summed E-state index contributed by atoms with van der Waals surface area (Å²) in [5, 5.41) is 2.96. The first-order valence-corrected chi connectivity index (χ1v) is 13.0. The number of hydrogen-bond acceptors (Lipinski definition) is 5. The summed E-state index contributed by atoms with van der Waals surface area (Å²) >= 11 is 0. The number of anilines is 1. The molecule has 0 aromatic heterocycles. The molecule has 0 spiro atoms. The fourth-order valence-electron chi connectivity index (χ4n) is 4.62. The van der Waals surface area contributed by atoms with Gasteiger partial charge in [0.2, 0.25) is 0 Å². The number of para-hydroxylation sites is 2. The third-order valence-corrected chi connectivity index (χ3v) is 8.30. The third-order valence-electron chi connectivity index (χ3n) is 6.37. The number of carbonyl (C=O) groups is 1. The first kappa shape index (κ1) is 24.8. The molecule has 1 heterocycles. The predicted molar refractivity (Wildman–Crippen MR) is 137 cm³/mol. The predicted octanol–water partition coefficient (Wildman–Crippen LogP) is 3.87. The zero-order chi connectivity index (χ0) is 25.2. The molecule has 7 nitrogen and oxygen atoms in total. The van der Waals surface area contributed by atoms with Crippen LogP contribution in [0.3, 0.4) is 0 Å². The largest absolute Gasteiger partial charge is 0.496 e. The van der Waals surface area contributed by atoms with E-state index in [2.05, 4.69) is 5.32 Å². The molecule has 8 heteroatoms. The fourth-order valence-corrected chi connectivity index (χ4v) is 6.36. The Morgan fingerprint density at radius 3 is 2.54 bits per heavy atom. The van der Waals surface area contributed by atoms with Gasteiger partial charge in [-0.3, -0.25) is 9.10 Å². The van der Waals surface area contributed by atoms with E-state index in [0.717, 1.165) is 16.9 Å². The lowest BCUT2D eigenvalue weighted by molar-refractivity contribution is 0.0941. The Kier molecular flexibility index (Phi) is 7.14. The molecule has 35 heavy (non-hydrogen) atoms. The van der Waals surface area contributed by atoms with E-state index in [1.54, 1.807) is 19.2 Å². The standard InChI is InChI=1S/C27H31N3O4S/c1-19-16-20-10-5-7-14-24(20)30(19)35(32,33)22-12-9-11-21(17-22)27(31)28-18-25(29(2)3)23-13-6-8-15-26(23)34-4/h5-15,17,19,25H,16,18H2,1-4H3,(H,28,31). The molecule has 1 aliphatic heterocycles. The van der Waals surface area contributed by atoms with Crippen LogP contribution in [0.1, 0.15) is 34.5 Å². The van der Waals surface area contributed by atoms with Crippen LogP contribution in [0, 0.1) is 0 Å². The van der Waals surface area contributed by atoms with Crippen LogP contribution in [0.25, 0.3) is 0 Å². The van der Waals surface area contributed by atoms with Gasteiger partial charge < -0.3 is 15.0 Å². The fraction of sp³-hybridized carbons (Fsp3) is 0.296. The SMILES string of the molecule is COc1ccccc1C(CNC(=O)c1cccc(S(=O)(=O)N2c3ccccc3CC2C)c1)N(C)C. The Morgan fingerprint density at radius 1 is 1.09 bits per heavy atom. The van der Waals surface area contributed by atoms with E-state index in [4.69, 9.17) is 4.74 Å². The highest BCUT2D eigenvalue weighted by molar-refractivity contribution is 7.92. The molecule has 2 unspecified atom stereocenters. The highest BCUT2D eigenvalue weighted by Crippen LogP contribution is 2.36. The number of benzene rings is 3. The number of sulfonamides is 1. The maximum Gasteiger partial charge on any atom is 0.264 e. The number of rotatable bonds is 8. The summed E-state index contributed by atoms with van der Waals surface area (Å²) in [6.07, 6.45) is 0.657. The highest BCUT2D eigenvalue weighted by atomic mass is 32.2. The average molecular weight is 494 g/mol. The lowest BCUT2D eigenvalue weighted by Gasteiger charge is -2.26. The summed E-state index contributed by atoms with van der Waals surface area (Å²) in [4.78, 5) is 15.2. The van der Waals surface area contributed by atoms with Gasteiger partial charge in [-0.15, -0.1) is 0 Å². The number of nitrogens with one attached hydrogen (secondary N) is 1. The van der Waals surface area contributed by atoms with Gasteiger partial charge in [0.25, 0.3) is 15.9 Å². The molecule has 2 atom stereocenters. The van der Waals surface area contributed by atoms with Crippen molar-refractivity contribution in [1.29, 1.82) is 0 Å². The van der Waals surface area contributed by atoms with Gasteiger partial charge in [0.15, 0.2) is 0 Å². The van der Waals surface area contributed by atoms with Crippen molar-refractivity contribution in [2.24, 2.45) is 0 Å². The van der Waals surface area contributed by atoms with E-state index in [0.29, 0.717) is 24.2 Å². The molecule has 0 radical (unpaired) electrons. The first-order chi connectivity index (χ1) is 16.7. The lowest BCUT2D eigenvalue weighted by Crippen LogP contribution is -2.36. The van der Waals surface area contributed by atoms with Gasteiger partial charge in [0.05, 0.1) is 23.7 Å². The maximum absolute atomic E-state index is 13.6. The van der Waals surface area contributed by atoms with E-state index in [1.165, 1.54) is 16.4 Å². The lowest BCUT2D eigenvalue weighted by atomic mass is 10.0. The van der Waals surface area contributed by atoms with E-state index >= 15 is 0 Å². The second-order valence-corrected chi connectivity index (χ2v) is 10.8.